The summed E-state index contributed by atoms with van der Waals surface area (Å²) in [4.78, 5) is 34.2. The molecule has 2 amide bonds. The van der Waals surface area contributed by atoms with E-state index >= 15 is 0 Å². The molecule has 0 heterocycles. The van der Waals surface area contributed by atoms with Crippen LogP contribution in [0.15, 0.2) is 54.2 Å². The second kappa shape index (κ2) is 7.87. The van der Waals surface area contributed by atoms with Gasteiger partial charge < -0.3 is 10.6 Å². The van der Waals surface area contributed by atoms with Crippen molar-refractivity contribution < 1.29 is 14.5 Å². The molecule has 2 N–H and O–H groups in total. The van der Waals surface area contributed by atoms with Crippen molar-refractivity contribution in [3.05, 3.63) is 75.5 Å². The monoisotopic (exact) mass is 339 g/mol. The van der Waals surface area contributed by atoms with E-state index in [4.69, 9.17) is 0 Å². The lowest BCUT2D eigenvalue weighted by molar-refractivity contribution is -0.384. The van der Waals surface area contributed by atoms with Crippen molar-refractivity contribution in [3.8, 4) is 0 Å². The molecule has 0 radical (unpaired) electrons. The summed E-state index contributed by atoms with van der Waals surface area (Å²) in [5.74, 6) is -0.941. The van der Waals surface area contributed by atoms with E-state index in [1.54, 1.807) is 24.3 Å². The number of rotatable bonds is 5. The number of nitrogens with zero attached hydrogens (tertiary/aromatic N) is 1. The molecule has 0 aliphatic rings. The summed E-state index contributed by atoms with van der Waals surface area (Å²) in [7, 11) is 0. The average molecular weight is 339 g/mol. The van der Waals surface area contributed by atoms with Gasteiger partial charge >= 0.3 is 0 Å². The Morgan fingerprint density at radius 3 is 2.48 bits per heavy atom. The Kier molecular flexibility index (Phi) is 5.62. The number of hydrogen-bond acceptors (Lipinski definition) is 4. The third-order valence-corrected chi connectivity index (χ3v) is 3.22. The fourth-order valence-electron chi connectivity index (χ4n) is 2.16. The Balaban J connectivity index is 2.31. The third-order valence-electron chi connectivity index (χ3n) is 3.22. The molecule has 7 nitrogen and oxygen atoms in total. The summed E-state index contributed by atoms with van der Waals surface area (Å²) in [5, 5.41) is 16.0. The third kappa shape index (κ3) is 5.28. The molecule has 0 fully saturated rings. The molecule has 7 heteroatoms. The van der Waals surface area contributed by atoms with Gasteiger partial charge in [0.15, 0.2) is 0 Å². The van der Waals surface area contributed by atoms with Crippen molar-refractivity contribution in [2.45, 2.75) is 13.8 Å². The van der Waals surface area contributed by atoms with Crippen LogP contribution in [0.1, 0.15) is 18.1 Å². The highest BCUT2D eigenvalue weighted by Crippen LogP contribution is 2.16. The summed E-state index contributed by atoms with van der Waals surface area (Å²) < 4.78 is 0. The summed E-state index contributed by atoms with van der Waals surface area (Å²) in [6.07, 6.45) is 1.39. The second-order valence-corrected chi connectivity index (χ2v) is 5.41. The molecule has 0 spiro atoms. The fraction of sp³-hybridized carbons (Fsp3) is 0.111. The maximum atomic E-state index is 12.5. The van der Waals surface area contributed by atoms with Gasteiger partial charge in [-0.25, -0.2) is 0 Å². The molecule has 0 bridgehead atoms. The van der Waals surface area contributed by atoms with Gasteiger partial charge in [-0.3, -0.25) is 19.7 Å². The topological polar surface area (TPSA) is 101 Å². The molecule has 0 aliphatic heterocycles. The van der Waals surface area contributed by atoms with Crippen LogP contribution in [-0.2, 0) is 9.59 Å². The first-order valence-electron chi connectivity index (χ1n) is 7.47. The van der Waals surface area contributed by atoms with Gasteiger partial charge in [0, 0.05) is 24.7 Å². The molecule has 0 aromatic heterocycles. The first-order valence-corrected chi connectivity index (χ1v) is 7.47. The number of anilines is 1. The van der Waals surface area contributed by atoms with Gasteiger partial charge in [-0.05, 0) is 36.3 Å². The SMILES string of the molecule is CC(=O)NC(=Cc1cccc([N+](=O)[O-])c1)C(=O)Nc1cccc(C)c1. The number of nitro groups is 1. The van der Waals surface area contributed by atoms with Crippen molar-refractivity contribution in [1.29, 1.82) is 0 Å². The minimum atomic E-state index is -0.526. The van der Waals surface area contributed by atoms with E-state index in [0.29, 0.717) is 11.3 Å². The van der Waals surface area contributed by atoms with Crippen molar-refractivity contribution in [2.75, 3.05) is 5.32 Å². The number of amides is 2. The minimum Gasteiger partial charge on any atom is -0.322 e. The summed E-state index contributed by atoms with van der Waals surface area (Å²) >= 11 is 0. The first kappa shape index (κ1) is 17.9. The highest BCUT2D eigenvalue weighted by molar-refractivity contribution is 6.08. The van der Waals surface area contributed by atoms with Gasteiger partial charge in [0.25, 0.3) is 11.6 Å². The molecule has 0 saturated heterocycles. The smallest absolute Gasteiger partial charge is 0.272 e. The van der Waals surface area contributed by atoms with Gasteiger partial charge in [0.2, 0.25) is 5.91 Å². The van der Waals surface area contributed by atoms with Gasteiger partial charge in [-0.2, -0.15) is 0 Å². The Labute approximate surface area is 144 Å². The van der Waals surface area contributed by atoms with Gasteiger partial charge in [0.05, 0.1) is 4.92 Å². The van der Waals surface area contributed by atoms with Gasteiger partial charge in [-0.15, -0.1) is 0 Å². The number of carbonyl (C=O) groups excluding carboxylic acids is 2. The predicted octanol–water partition coefficient (Wildman–Crippen LogP) is 3.02. The Morgan fingerprint density at radius 1 is 1.12 bits per heavy atom. The van der Waals surface area contributed by atoms with E-state index in [0.717, 1.165) is 5.56 Å². The number of hydrogen-bond donors (Lipinski definition) is 2. The molecule has 2 aromatic carbocycles. The molecular weight excluding hydrogens is 322 g/mol. The minimum absolute atomic E-state index is 0.00509. The highest BCUT2D eigenvalue weighted by Gasteiger charge is 2.13. The molecule has 2 rings (SSSR count). The number of carbonyl (C=O) groups is 2. The van der Waals surface area contributed by atoms with Crippen LogP contribution in [0.2, 0.25) is 0 Å². The van der Waals surface area contributed by atoms with Crippen LogP contribution in [0.5, 0.6) is 0 Å². The maximum absolute atomic E-state index is 12.5. The van der Waals surface area contributed by atoms with Crippen LogP contribution in [0, 0.1) is 17.0 Å². The molecule has 0 saturated carbocycles. The van der Waals surface area contributed by atoms with Crippen molar-refractivity contribution >= 4 is 29.3 Å². The van der Waals surface area contributed by atoms with Crippen molar-refractivity contribution in [1.82, 2.24) is 5.32 Å². The van der Waals surface area contributed by atoms with E-state index in [1.165, 1.54) is 31.2 Å². The summed E-state index contributed by atoms with van der Waals surface area (Å²) in [5.41, 5.74) is 1.88. The number of non-ortho nitro benzene ring substituents is 1. The quantitative estimate of drug-likeness (QED) is 0.496. The molecule has 0 unspecified atom stereocenters. The predicted molar refractivity (Wildman–Crippen MR) is 94.7 cm³/mol. The Bertz CT molecular complexity index is 859. The van der Waals surface area contributed by atoms with E-state index in [2.05, 4.69) is 10.6 Å². The number of nitrogens with one attached hydrogen (secondary N) is 2. The van der Waals surface area contributed by atoms with Crippen LogP contribution < -0.4 is 10.6 Å². The lowest BCUT2D eigenvalue weighted by Gasteiger charge is -2.10. The largest absolute Gasteiger partial charge is 0.322 e. The highest BCUT2D eigenvalue weighted by atomic mass is 16.6. The van der Waals surface area contributed by atoms with Crippen LogP contribution in [-0.4, -0.2) is 16.7 Å². The maximum Gasteiger partial charge on any atom is 0.272 e. The Hall–Kier alpha value is -3.48. The number of aryl methyl sites for hydroxylation is 1. The molecule has 0 atom stereocenters. The van der Waals surface area contributed by atoms with Crippen LogP contribution in [0.4, 0.5) is 11.4 Å². The second-order valence-electron chi connectivity index (χ2n) is 5.41. The normalized spacial score (nSPS) is 10.9. The van der Waals surface area contributed by atoms with E-state index in [-0.39, 0.29) is 11.4 Å². The Morgan fingerprint density at radius 2 is 1.84 bits per heavy atom. The number of benzene rings is 2. The van der Waals surface area contributed by atoms with Crippen LogP contribution in [0.3, 0.4) is 0 Å². The summed E-state index contributed by atoms with van der Waals surface area (Å²) in [6, 6.07) is 13.0. The molecular formula is C18H17N3O4. The number of nitro benzene ring substituents is 1. The molecule has 128 valence electrons. The first-order chi connectivity index (χ1) is 11.8. The zero-order valence-electron chi connectivity index (χ0n) is 13.8. The van der Waals surface area contributed by atoms with Gasteiger partial charge in [0.1, 0.15) is 5.70 Å². The molecule has 25 heavy (non-hydrogen) atoms. The lowest BCUT2D eigenvalue weighted by Crippen LogP contribution is -2.28. The standard InChI is InChI=1S/C18H17N3O4/c1-12-5-3-7-15(9-12)20-18(23)17(19-13(2)22)11-14-6-4-8-16(10-14)21(24)25/h3-11H,1-2H3,(H,19,22)(H,20,23). The lowest BCUT2D eigenvalue weighted by atomic mass is 10.1. The van der Waals surface area contributed by atoms with Crippen molar-refractivity contribution in [2.24, 2.45) is 0 Å². The average Bonchev–Trinajstić information content (AvgIpc) is 2.54. The van der Waals surface area contributed by atoms with E-state index in [1.807, 2.05) is 13.0 Å². The fourth-order valence-corrected chi connectivity index (χ4v) is 2.16. The zero-order chi connectivity index (χ0) is 18.4. The van der Waals surface area contributed by atoms with Crippen molar-refractivity contribution in [3.63, 3.8) is 0 Å². The molecule has 0 aliphatic carbocycles. The molecule has 2 aromatic rings. The summed E-state index contributed by atoms with van der Waals surface area (Å²) in [6.45, 7) is 3.17. The van der Waals surface area contributed by atoms with E-state index < -0.39 is 16.7 Å². The van der Waals surface area contributed by atoms with Crippen LogP contribution >= 0.6 is 0 Å². The zero-order valence-corrected chi connectivity index (χ0v) is 13.8. The van der Waals surface area contributed by atoms with Gasteiger partial charge in [-0.1, -0.05) is 24.3 Å². The van der Waals surface area contributed by atoms with Crippen LogP contribution in [0.25, 0.3) is 6.08 Å². The van der Waals surface area contributed by atoms with E-state index in [9.17, 15) is 19.7 Å².